The summed E-state index contributed by atoms with van der Waals surface area (Å²) < 4.78 is 5.25. The van der Waals surface area contributed by atoms with E-state index in [1.807, 2.05) is 13.8 Å². The van der Waals surface area contributed by atoms with Gasteiger partial charge in [-0.1, -0.05) is 33.6 Å². The molecule has 112 valence electrons. The van der Waals surface area contributed by atoms with Crippen molar-refractivity contribution in [1.82, 2.24) is 4.90 Å². The number of carbonyl (C=O) groups excluding carboxylic acids is 2. The normalized spacial score (nSPS) is 22.8. The van der Waals surface area contributed by atoms with E-state index in [1.54, 1.807) is 20.8 Å². The van der Waals surface area contributed by atoms with Gasteiger partial charge in [-0.25, -0.2) is 9.69 Å². The number of ether oxygens (including phenoxy) is 1. The highest BCUT2D eigenvalue weighted by Crippen LogP contribution is 2.28. The summed E-state index contributed by atoms with van der Waals surface area (Å²) in [6.07, 6.45) is 4.30. The molecule has 0 aromatic heterocycles. The Hall–Kier alpha value is -1.06. The van der Waals surface area contributed by atoms with Crippen molar-refractivity contribution in [2.24, 2.45) is 5.92 Å². The summed E-state index contributed by atoms with van der Waals surface area (Å²) in [4.78, 5) is 24.2. The van der Waals surface area contributed by atoms with E-state index < -0.39 is 11.7 Å². The monoisotopic (exact) mass is 271 g/mol. The molecule has 19 heavy (non-hydrogen) atoms. The third kappa shape index (κ3) is 6.08. The van der Waals surface area contributed by atoms with E-state index in [1.165, 1.54) is 11.3 Å². The number of hydrogen-bond donors (Lipinski definition) is 0. The molecule has 0 spiro atoms. The molecule has 1 fully saturated rings. The number of nitrogens with zero attached hydrogens (tertiary/aromatic N) is 1. The van der Waals surface area contributed by atoms with Gasteiger partial charge in [0, 0.05) is 6.04 Å². The van der Waals surface area contributed by atoms with Crippen molar-refractivity contribution in [2.75, 3.05) is 0 Å². The first kappa shape index (κ1) is 17.9. The second-order valence-corrected chi connectivity index (χ2v) is 5.82. The van der Waals surface area contributed by atoms with Gasteiger partial charge in [-0.15, -0.1) is 0 Å². The molecule has 0 bridgehead atoms. The Morgan fingerprint density at radius 2 is 1.74 bits per heavy atom. The SMILES string of the molecule is CC.CC1CCCC[C@@H]1N(C=O)C(=O)OC(C)(C)C. The van der Waals surface area contributed by atoms with Gasteiger partial charge >= 0.3 is 6.09 Å². The van der Waals surface area contributed by atoms with E-state index in [0.29, 0.717) is 12.3 Å². The third-order valence-electron chi connectivity index (χ3n) is 3.14. The van der Waals surface area contributed by atoms with E-state index in [9.17, 15) is 9.59 Å². The Bertz CT molecular complexity index is 284. The van der Waals surface area contributed by atoms with Crippen LogP contribution in [0.5, 0.6) is 0 Å². The first-order chi connectivity index (χ1) is 8.85. The zero-order chi connectivity index (χ0) is 15.1. The fourth-order valence-electron chi connectivity index (χ4n) is 2.28. The smallest absolute Gasteiger partial charge is 0.417 e. The molecule has 4 nitrogen and oxygen atoms in total. The summed E-state index contributed by atoms with van der Waals surface area (Å²) in [5.41, 5.74) is -0.559. The van der Waals surface area contributed by atoms with E-state index >= 15 is 0 Å². The molecule has 4 heteroatoms. The summed E-state index contributed by atoms with van der Waals surface area (Å²) in [5, 5.41) is 0. The third-order valence-corrected chi connectivity index (χ3v) is 3.14. The Labute approximate surface area is 117 Å². The van der Waals surface area contributed by atoms with Gasteiger partial charge in [0.15, 0.2) is 0 Å². The maximum Gasteiger partial charge on any atom is 0.417 e. The Morgan fingerprint density at radius 1 is 1.21 bits per heavy atom. The van der Waals surface area contributed by atoms with Gasteiger partial charge in [-0.05, 0) is 39.5 Å². The fourth-order valence-corrected chi connectivity index (χ4v) is 2.28. The molecule has 0 heterocycles. The summed E-state index contributed by atoms with van der Waals surface area (Å²) in [6, 6.07) is -0.00361. The highest BCUT2D eigenvalue weighted by atomic mass is 16.6. The van der Waals surface area contributed by atoms with Gasteiger partial charge in [0.1, 0.15) is 5.60 Å². The topological polar surface area (TPSA) is 46.6 Å². The van der Waals surface area contributed by atoms with Crippen molar-refractivity contribution in [1.29, 1.82) is 0 Å². The minimum atomic E-state index is -0.559. The van der Waals surface area contributed by atoms with Gasteiger partial charge in [-0.2, -0.15) is 0 Å². The average Bonchev–Trinajstić information content (AvgIpc) is 2.33. The van der Waals surface area contributed by atoms with Crippen molar-refractivity contribution >= 4 is 12.5 Å². The molecule has 0 aliphatic heterocycles. The Kier molecular flexibility index (Phi) is 7.72. The summed E-state index contributed by atoms with van der Waals surface area (Å²) in [6.45, 7) is 11.5. The van der Waals surface area contributed by atoms with Crippen LogP contribution in [0.2, 0.25) is 0 Å². The molecule has 2 atom stereocenters. The van der Waals surface area contributed by atoms with Crippen LogP contribution in [0.25, 0.3) is 0 Å². The predicted octanol–water partition coefficient (Wildman–Crippen LogP) is 3.98. The van der Waals surface area contributed by atoms with Gasteiger partial charge < -0.3 is 4.74 Å². The van der Waals surface area contributed by atoms with Crippen LogP contribution in [0.3, 0.4) is 0 Å². The minimum absolute atomic E-state index is 0.00361. The first-order valence-corrected chi connectivity index (χ1v) is 7.32. The number of imide groups is 1. The second-order valence-electron chi connectivity index (χ2n) is 5.82. The van der Waals surface area contributed by atoms with E-state index in [4.69, 9.17) is 4.74 Å². The average molecular weight is 271 g/mol. The van der Waals surface area contributed by atoms with Gasteiger partial charge in [0.25, 0.3) is 0 Å². The predicted molar refractivity (Wildman–Crippen MR) is 76.9 cm³/mol. The van der Waals surface area contributed by atoms with E-state index in [0.717, 1.165) is 19.3 Å². The molecular weight excluding hydrogens is 242 g/mol. The van der Waals surface area contributed by atoms with Crippen molar-refractivity contribution in [3.63, 3.8) is 0 Å². The van der Waals surface area contributed by atoms with Crippen LogP contribution in [0.15, 0.2) is 0 Å². The van der Waals surface area contributed by atoms with Crippen LogP contribution in [0.1, 0.15) is 67.2 Å². The van der Waals surface area contributed by atoms with Gasteiger partial charge in [0.2, 0.25) is 6.41 Å². The molecule has 0 radical (unpaired) electrons. The zero-order valence-electron chi connectivity index (χ0n) is 13.2. The van der Waals surface area contributed by atoms with Crippen LogP contribution >= 0.6 is 0 Å². The van der Waals surface area contributed by atoms with Crippen LogP contribution < -0.4 is 0 Å². The van der Waals surface area contributed by atoms with Crippen LogP contribution in [0.4, 0.5) is 4.79 Å². The van der Waals surface area contributed by atoms with Gasteiger partial charge in [0.05, 0.1) is 0 Å². The van der Waals surface area contributed by atoms with Crippen LogP contribution in [-0.2, 0) is 9.53 Å². The minimum Gasteiger partial charge on any atom is -0.443 e. The molecule has 0 saturated heterocycles. The lowest BCUT2D eigenvalue weighted by molar-refractivity contribution is -0.121. The molecule has 0 aromatic rings. The highest BCUT2D eigenvalue weighted by Gasteiger charge is 2.32. The molecule has 1 rings (SSSR count). The highest BCUT2D eigenvalue weighted by molar-refractivity contribution is 5.81. The number of hydrogen-bond acceptors (Lipinski definition) is 3. The van der Waals surface area contributed by atoms with Crippen LogP contribution in [0, 0.1) is 5.92 Å². The maximum absolute atomic E-state index is 11.9. The lowest BCUT2D eigenvalue weighted by Gasteiger charge is -2.35. The van der Waals surface area contributed by atoms with Crippen molar-refractivity contribution in [2.45, 2.75) is 78.9 Å². The molecule has 0 N–H and O–H groups in total. The number of rotatable bonds is 2. The molecule has 1 aliphatic carbocycles. The molecular formula is C15H29NO3. The van der Waals surface area contributed by atoms with Crippen molar-refractivity contribution < 1.29 is 14.3 Å². The molecule has 1 saturated carbocycles. The molecule has 1 aliphatic rings. The van der Waals surface area contributed by atoms with Crippen LogP contribution in [-0.4, -0.2) is 29.0 Å². The quantitative estimate of drug-likeness (QED) is 0.713. The zero-order valence-corrected chi connectivity index (χ0v) is 13.2. The lowest BCUT2D eigenvalue weighted by Crippen LogP contribution is -2.46. The second kappa shape index (κ2) is 8.18. The van der Waals surface area contributed by atoms with Crippen molar-refractivity contribution in [3.8, 4) is 0 Å². The summed E-state index contributed by atoms with van der Waals surface area (Å²) in [5.74, 6) is 0.362. The largest absolute Gasteiger partial charge is 0.443 e. The molecule has 1 unspecified atom stereocenters. The Balaban J connectivity index is 0.00000154. The molecule has 0 aromatic carbocycles. The number of carbonyl (C=O) groups is 2. The molecule has 2 amide bonds. The number of amides is 2. The van der Waals surface area contributed by atoms with Gasteiger partial charge in [-0.3, -0.25) is 4.79 Å². The fraction of sp³-hybridized carbons (Fsp3) is 0.867. The van der Waals surface area contributed by atoms with E-state index in [-0.39, 0.29) is 6.04 Å². The lowest BCUT2D eigenvalue weighted by atomic mass is 9.85. The van der Waals surface area contributed by atoms with E-state index in [2.05, 4.69) is 6.92 Å². The van der Waals surface area contributed by atoms with Crippen molar-refractivity contribution in [3.05, 3.63) is 0 Å². The summed E-state index contributed by atoms with van der Waals surface area (Å²) >= 11 is 0. The summed E-state index contributed by atoms with van der Waals surface area (Å²) in [7, 11) is 0. The first-order valence-electron chi connectivity index (χ1n) is 7.32. The standard InChI is InChI=1S/C13H23NO3.C2H6/c1-10-7-5-6-8-11(10)14(9-15)12(16)17-13(2,3)4;1-2/h9-11H,5-8H2,1-4H3;1-2H3/t10?,11-;/m0./s1. The Morgan fingerprint density at radius 3 is 2.16 bits per heavy atom. The maximum atomic E-state index is 11.9.